The van der Waals surface area contributed by atoms with Crippen molar-refractivity contribution in [3.05, 3.63) is 96.1 Å². The second kappa shape index (κ2) is 10.8. The molecule has 1 N–H and O–H groups in total. The second-order valence-electron chi connectivity index (χ2n) is 8.14. The molecule has 0 aliphatic heterocycles. The first-order valence-corrected chi connectivity index (χ1v) is 11.2. The maximum atomic E-state index is 13.1. The van der Waals surface area contributed by atoms with Gasteiger partial charge < -0.3 is 14.6 Å². The second-order valence-corrected chi connectivity index (χ2v) is 8.14. The van der Waals surface area contributed by atoms with Gasteiger partial charge in [-0.05, 0) is 50.2 Å². The first-order valence-electron chi connectivity index (χ1n) is 11.2. The van der Waals surface area contributed by atoms with Crippen LogP contribution in [-0.2, 0) is 0 Å². The quantitative estimate of drug-likeness (QED) is 0.265. The van der Waals surface area contributed by atoms with E-state index >= 15 is 0 Å². The molecule has 0 unspecified atom stereocenters. The molecular weight excluding hydrogens is 431 g/mol. The van der Waals surface area contributed by atoms with Crippen LogP contribution in [0.5, 0.6) is 23.0 Å². The topological polar surface area (TPSA) is 47.9 Å². The van der Waals surface area contributed by atoms with Gasteiger partial charge in [0, 0.05) is 33.2 Å². The van der Waals surface area contributed by atoms with Crippen LogP contribution < -0.4 is 14.4 Å². The van der Waals surface area contributed by atoms with E-state index in [2.05, 4.69) is 4.94 Å². The predicted molar refractivity (Wildman–Crippen MR) is 132 cm³/mol. The number of para-hydroxylation sites is 2. The van der Waals surface area contributed by atoms with Gasteiger partial charge in [0.2, 0.25) is 0 Å². The van der Waals surface area contributed by atoms with Crippen molar-refractivity contribution < 1.29 is 24.0 Å². The van der Waals surface area contributed by atoms with Crippen molar-refractivity contribution in [2.45, 2.75) is 20.3 Å². The first-order chi connectivity index (χ1) is 16.6. The van der Waals surface area contributed by atoms with Gasteiger partial charge in [-0.15, -0.1) is 0 Å². The Morgan fingerprint density at radius 2 is 1.15 bits per heavy atom. The third-order valence-electron chi connectivity index (χ3n) is 5.53. The van der Waals surface area contributed by atoms with Gasteiger partial charge in [0.25, 0.3) is 0 Å². The van der Waals surface area contributed by atoms with Gasteiger partial charge in [0.15, 0.2) is 5.75 Å². The van der Waals surface area contributed by atoms with E-state index in [1.807, 2.05) is 80.6 Å². The summed E-state index contributed by atoms with van der Waals surface area (Å²) in [6.45, 7) is 4.79. The van der Waals surface area contributed by atoms with Crippen molar-refractivity contribution in [2.24, 2.45) is 0 Å². The highest BCUT2D eigenvalue weighted by molar-refractivity contribution is 5.77. The van der Waals surface area contributed by atoms with E-state index < -0.39 is 0 Å². The van der Waals surface area contributed by atoms with Gasteiger partial charge in [0.05, 0.1) is 13.2 Å². The van der Waals surface area contributed by atoms with E-state index in [0.717, 1.165) is 27.8 Å². The summed E-state index contributed by atoms with van der Waals surface area (Å²) in [5.41, 5.74) is 5.04. The highest BCUT2D eigenvalue weighted by Gasteiger charge is 2.13. The molecule has 4 aromatic carbocycles. The summed E-state index contributed by atoms with van der Waals surface area (Å²) in [6, 6.07) is 25.9. The van der Waals surface area contributed by atoms with Gasteiger partial charge in [0.1, 0.15) is 17.2 Å². The number of phenols is 1. The smallest absolute Gasteiger partial charge is 0.179 e. The molecule has 0 spiro atoms. The van der Waals surface area contributed by atoms with Crippen LogP contribution in [0.3, 0.4) is 0 Å². The van der Waals surface area contributed by atoms with Crippen molar-refractivity contribution in [2.75, 3.05) is 13.2 Å². The summed E-state index contributed by atoms with van der Waals surface area (Å²) in [4.78, 5) is 4.07. The van der Waals surface area contributed by atoms with Crippen molar-refractivity contribution >= 4 is 0 Å². The van der Waals surface area contributed by atoms with Crippen LogP contribution in [0.2, 0.25) is 0 Å². The maximum absolute atomic E-state index is 13.1. The Morgan fingerprint density at radius 3 is 1.76 bits per heavy atom. The van der Waals surface area contributed by atoms with Crippen LogP contribution in [-0.4, -0.2) is 18.3 Å². The van der Waals surface area contributed by atoms with Crippen molar-refractivity contribution in [3.63, 3.8) is 0 Å². The molecule has 0 atom stereocenters. The number of phenolic OH excluding ortho intramolecular Hbond substituents is 1. The summed E-state index contributed by atoms with van der Waals surface area (Å²) in [5.74, 6) is 1.72. The molecule has 34 heavy (non-hydrogen) atoms. The maximum Gasteiger partial charge on any atom is 0.179 e. The number of hydrogen-bond acceptors (Lipinski definition) is 4. The molecule has 0 aliphatic carbocycles. The Bertz CT molecular complexity index is 1270. The fraction of sp³-hybridized carbons (Fsp3) is 0.172. The van der Waals surface area contributed by atoms with Crippen LogP contribution in [0.4, 0.5) is 4.53 Å². The Labute approximate surface area is 199 Å². The lowest BCUT2D eigenvalue weighted by Crippen LogP contribution is -2.06. The fourth-order valence-corrected chi connectivity index (χ4v) is 3.84. The summed E-state index contributed by atoms with van der Waals surface area (Å²) in [5, 5.41) is 10.3. The number of benzene rings is 4. The number of hydrogen-bond donors (Lipinski definition) is 1. The molecular formula is C29H27FO4. The lowest BCUT2D eigenvalue weighted by molar-refractivity contribution is -0.00548. The molecule has 0 amide bonds. The van der Waals surface area contributed by atoms with E-state index in [4.69, 9.17) is 9.47 Å². The largest absolute Gasteiger partial charge is 0.507 e. The summed E-state index contributed by atoms with van der Waals surface area (Å²) < 4.78 is 25.1. The molecule has 0 bridgehead atoms. The molecule has 0 heterocycles. The molecule has 4 nitrogen and oxygen atoms in total. The zero-order chi connectivity index (χ0) is 23.9. The molecule has 4 aromatic rings. The van der Waals surface area contributed by atoms with E-state index in [9.17, 15) is 9.63 Å². The Morgan fingerprint density at radius 1 is 0.618 bits per heavy atom. The molecule has 0 saturated carbocycles. The summed E-state index contributed by atoms with van der Waals surface area (Å²) in [6.07, 6.45) is 0.642. The van der Waals surface area contributed by atoms with Crippen LogP contribution in [0.15, 0.2) is 84.9 Å². The molecule has 0 aliphatic rings. The standard InChI is InChI=1S/C29H27FO4/c1-20-12-14-26(31)24(18-20)22-8-3-5-10-27(22)32-16-7-17-33-28-11-6-4-9-23(28)25-19-21(2)13-15-29(25)34-30/h3-6,8-15,18-19,31H,7,16-17H2,1-2H3. The van der Waals surface area contributed by atoms with E-state index in [0.29, 0.717) is 36.7 Å². The van der Waals surface area contributed by atoms with E-state index in [1.54, 1.807) is 18.2 Å². The Kier molecular flexibility index (Phi) is 7.33. The van der Waals surface area contributed by atoms with Gasteiger partial charge in [-0.25, -0.2) is 0 Å². The van der Waals surface area contributed by atoms with Gasteiger partial charge in [-0.3, -0.25) is 4.94 Å². The molecule has 0 aromatic heterocycles. The number of halogens is 1. The SMILES string of the molecule is Cc1ccc(O)c(-c2ccccc2OCCCOc2ccccc2-c2cc(C)ccc2OF)c1. The highest BCUT2D eigenvalue weighted by atomic mass is 19.3. The predicted octanol–water partition coefficient (Wildman–Crippen LogP) is 7.45. The lowest BCUT2D eigenvalue weighted by atomic mass is 10.0. The Hall–Kier alpha value is -3.99. The van der Waals surface area contributed by atoms with Gasteiger partial charge >= 0.3 is 0 Å². The average Bonchev–Trinajstić information content (AvgIpc) is 2.86. The highest BCUT2D eigenvalue weighted by Crippen LogP contribution is 2.38. The van der Waals surface area contributed by atoms with Crippen molar-refractivity contribution in [1.29, 1.82) is 0 Å². The fourth-order valence-electron chi connectivity index (χ4n) is 3.84. The van der Waals surface area contributed by atoms with Crippen molar-refractivity contribution in [1.82, 2.24) is 0 Å². The zero-order valence-electron chi connectivity index (χ0n) is 19.3. The summed E-state index contributed by atoms with van der Waals surface area (Å²) in [7, 11) is 0. The van der Waals surface area contributed by atoms with Gasteiger partial charge in [-0.1, -0.05) is 59.7 Å². The molecule has 4 rings (SSSR count). The van der Waals surface area contributed by atoms with Crippen molar-refractivity contribution in [3.8, 4) is 45.3 Å². The minimum Gasteiger partial charge on any atom is -0.507 e. The average molecular weight is 459 g/mol. The molecule has 174 valence electrons. The molecule has 0 radical (unpaired) electrons. The number of aryl methyl sites for hydroxylation is 2. The lowest BCUT2D eigenvalue weighted by Gasteiger charge is -2.15. The minimum absolute atomic E-state index is 0.154. The normalized spacial score (nSPS) is 10.7. The van der Waals surface area contributed by atoms with Crippen LogP contribution in [0, 0.1) is 13.8 Å². The third kappa shape index (κ3) is 5.31. The van der Waals surface area contributed by atoms with Crippen LogP contribution in [0.25, 0.3) is 22.3 Å². The third-order valence-corrected chi connectivity index (χ3v) is 5.53. The number of rotatable bonds is 9. The molecule has 5 heteroatoms. The summed E-state index contributed by atoms with van der Waals surface area (Å²) >= 11 is 0. The van der Waals surface area contributed by atoms with Gasteiger partial charge in [-0.2, -0.15) is 0 Å². The van der Waals surface area contributed by atoms with E-state index in [1.165, 1.54) is 0 Å². The number of aromatic hydroxyl groups is 1. The minimum atomic E-state index is 0.154. The van der Waals surface area contributed by atoms with E-state index in [-0.39, 0.29) is 11.5 Å². The first kappa shape index (κ1) is 23.2. The zero-order valence-corrected chi connectivity index (χ0v) is 19.3. The number of ether oxygens (including phenoxy) is 2. The van der Waals surface area contributed by atoms with Crippen LogP contribution in [0.1, 0.15) is 17.5 Å². The molecule has 0 saturated heterocycles. The molecule has 0 fully saturated rings. The van der Waals surface area contributed by atoms with Crippen LogP contribution >= 0.6 is 0 Å². The Balaban J connectivity index is 1.41. The monoisotopic (exact) mass is 458 g/mol.